The molecule has 108 valence electrons. The fraction of sp³-hybridized carbons (Fsp3) is 0.188. The van der Waals surface area contributed by atoms with E-state index in [1.54, 1.807) is 25.1 Å². The molecule has 0 fully saturated rings. The molecule has 0 aromatic heterocycles. The van der Waals surface area contributed by atoms with E-state index in [9.17, 15) is 14.3 Å². The van der Waals surface area contributed by atoms with Crippen LogP contribution in [-0.2, 0) is 11.2 Å². The Bertz CT molecular complexity index is 725. The lowest BCUT2D eigenvalue weighted by atomic mass is 9.97. The minimum Gasteiger partial charge on any atom is -0.384 e. The predicted molar refractivity (Wildman–Crippen MR) is 79.0 cm³/mol. The second-order valence-corrected chi connectivity index (χ2v) is 5.63. The second-order valence-electron chi connectivity index (χ2n) is 5.22. The number of halogens is 2. The first kappa shape index (κ1) is 14.0. The quantitative estimate of drug-likeness (QED) is 0.894. The van der Waals surface area contributed by atoms with E-state index in [-0.39, 0.29) is 12.3 Å². The number of nitrogens with one attached hydrogen (secondary N) is 1. The standard InChI is InChI=1S/C16H13ClFNO2/c1-8-2-10(4-11(18)3-8)16(21)12-5-9-6-15(20)19-14(9)7-13(12)17/h2-5,7,16,21H,6H2,1H3,(H,19,20). The molecule has 0 aliphatic carbocycles. The molecule has 1 unspecified atom stereocenters. The first-order valence-corrected chi connectivity index (χ1v) is 6.89. The molecule has 0 saturated carbocycles. The van der Waals surface area contributed by atoms with Gasteiger partial charge in [0.25, 0.3) is 0 Å². The average molecular weight is 306 g/mol. The third kappa shape index (κ3) is 2.64. The Labute approximate surface area is 126 Å². The number of amides is 1. The SMILES string of the molecule is Cc1cc(F)cc(C(O)c2cc3c(cc2Cl)NC(=O)C3)c1. The van der Waals surface area contributed by atoms with E-state index in [0.29, 0.717) is 21.8 Å². The van der Waals surface area contributed by atoms with Crippen LogP contribution in [0, 0.1) is 12.7 Å². The first-order chi connectivity index (χ1) is 9.94. The third-order valence-electron chi connectivity index (χ3n) is 3.52. The Morgan fingerprint density at radius 3 is 2.76 bits per heavy atom. The number of hydrogen-bond donors (Lipinski definition) is 2. The van der Waals surface area contributed by atoms with Crippen LogP contribution in [0.1, 0.15) is 28.4 Å². The maximum Gasteiger partial charge on any atom is 0.228 e. The van der Waals surface area contributed by atoms with Crippen LogP contribution < -0.4 is 5.32 Å². The minimum atomic E-state index is -1.03. The average Bonchev–Trinajstić information content (AvgIpc) is 2.75. The zero-order valence-electron chi connectivity index (χ0n) is 11.3. The number of rotatable bonds is 2. The summed E-state index contributed by atoms with van der Waals surface area (Å²) < 4.78 is 13.5. The molecule has 0 spiro atoms. The second kappa shape index (κ2) is 5.13. The molecule has 0 saturated heterocycles. The van der Waals surface area contributed by atoms with Crippen molar-refractivity contribution in [3.05, 3.63) is 63.4 Å². The number of carbonyl (C=O) groups excluding carboxylic acids is 1. The summed E-state index contributed by atoms with van der Waals surface area (Å²) in [7, 11) is 0. The van der Waals surface area contributed by atoms with E-state index in [4.69, 9.17) is 11.6 Å². The van der Waals surface area contributed by atoms with Crippen molar-refractivity contribution < 1.29 is 14.3 Å². The van der Waals surface area contributed by atoms with Crippen LogP contribution in [0.4, 0.5) is 10.1 Å². The fourth-order valence-electron chi connectivity index (χ4n) is 2.58. The Morgan fingerprint density at radius 1 is 1.29 bits per heavy atom. The molecule has 1 atom stereocenters. The zero-order valence-corrected chi connectivity index (χ0v) is 12.0. The van der Waals surface area contributed by atoms with Crippen molar-refractivity contribution in [2.45, 2.75) is 19.4 Å². The molecule has 21 heavy (non-hydrogen) atoms. The molecule has 1 aliphatic heterocycles. The number of aliphatic hydroxyl groups is 1. The normalized spacial score (nSPS) is 14.8. The van der Waals surface area contributed by atoms with E-state index in [1.165, 1.54) is 12.1 Å². The summed E-state index contributed by atoms with van der Waals surface area (Å²) in [5, 5.41) is 13.5. The highest BCUT2D eigenvalue weighted by Gasteiger charge is 2.23. The van der Waals surface area contributed by atoms with Crippen LogP contribution in [0.25, 0.3) is 0 Å². The van der Waals surface area contributed by atoms with Gasteiger partial charge in [-0.05, 0) is 47.9 Å². The highest BCUT2D eigenvalue weighted by molar-refractivity contribution is 6.32. The molecule has 2 N–H and O–H groups in total. The van der Waals surface area contributed by atoms with Crippen molar-refractivity contribution in [2.24, 2.45) is 0 Å². The molecule has 3 rings (SSSR count). The minimum absolute atomic E-state index is 0.102. The van der Waals surface area contributed by atoms with Crippen molar-refractivity contribution in [3.8, 4) is 0 Å². The lowest BCUT2D eigenvalue weighted by Gasteiger charge is -2.15. The van der Waals surface area contributed by atoms with E-state index < -0.39 is 11.9 Å². The molecule has 0 bridgehead atoms. The number of hydrogen-bond acceptors (Lipinski definition) is 2. The summed E-state index contributed by atoms with van der Waals surface area (Å²) in [6.07, 6.45) is -0.776. The number of anilines is 1. The number of carbonyl (C=O) groups is 1. The smallest absolute Gasteiger partial charge is 0.228 e. The van der Waals surface area contributed by atoms with Gasteiger partial charge >= 0.3 is 0 Å². The lowest BCUT2D eigenvalue weighted by Crippen LogP contribution is -2.03. The van der Waals surface area contributed by atoms with Gasteiger partial charge in [0, 0.05) is 16.3 Å². The summed E-state index contributed by atoms with van der Waals surface area (Å²) in [5.41, 5.74) is 3.07. The maximum absolute atomic E-state index is 13.5. The molecule has 1 heterocycles. The molecule has 1 amide bonds. The zero-order chi connectivity index (χ0) is 15.1. The highest BCUT2D eigenvalue weighted by Crippen LogP contribution is 2.35. The first-order valence-electron chi connectivity index (χ1n) is 6.51. The summed E-state index contributed by atoms with van der Waals surface area (Å²) in [6, 6.07) is 7.70. The molecule has 0 radical (unpaired) electrons. The van der Waals surface area contributed by atoms with Gasteiger partial charge in [-0.1, -0.05) is 17.7 Å². The van der Waals surface area contributed by atoms with Crippen LogP contribution in [-0.4, -0.2) is 11.0 Å². The number of benzene rings is 2. The van der Waals surface area contributed by atoms with Gasteiger partial charge in [-0.3, -0.25) is 4.79 Å². The highest BCUT2D eigenvalue weighted by atomic mass is 35.5. The van der Waals surface area contributed by atoms with E-state index in [2.05, 4.69) is 5.32 Å². The predicted octanol–water partition coefficient (Wildman–Crippen LogP) is 3.36. The van der Waals surface area contributed by atoms with Crippen LogP contribution in [0.15, 0.2) is 30.3 Å². The number of aliphatic hydroxyl groups excluding tert-OH is 1. The van der Waals surface area contributed by atoms with Gasteiger partial charge < -0.3 is 10.4 Å². The molecule has 1 aliphatic rings. The van der Waals surface area contributed by atoms with Gasteiger partial charge in [-0.2, -0.15) is 0 Å². The van der Waals surface area contributed by atoms with Crippen molar-refractivity contribution >= 4 is 23.2 Å². The van der Waals surface area contributed by atoms with Crippen molar-refractivity contribution in [3.63, 3.8) is 0 Å². The Hall–Kier alpha value is -1.91. The van der Waals surface area contributed by atoms with Gasteiger partial charge in [0.2, 0.25) is 5.91 Å². The molecule has 2 aromatic carbocycles. The van der Waals surface area contributed by atoms with Gasteiger partial charge in [0.05, 0.1) is 6.42 Å². The number of aryl methyl sites for hydroxylation is 1. The fourth-order valence-corrected chi connectivity index (χ4v) is 2.85. The van der Waals surface area contributed by atoms with Gasteiger partial charge in [-0.25, -0.2) is 4.39 Å². The van der Waals surface area contributed by atoms with Gasteiger partial charge in [-0.15, -0.1) is 0 Å². The summed E-state index contributed by atoms with van der Waals surface area (Å²) in [6.45, 7) is 1.76. The van der Waals surface area contributed by atoms with E-state index in [1.807, 2.05) is 0 Å². The molecule has 3 nitrogen and oxygen atoms in total. The van der Waals surface area contributed by atoms with Crippen LogP contribution in [0.5, 0.6) is 0 Å². The monoisotopic (exact) mass is 305 g/mol. The van der Waals surface area contributed by atoms with Crippen molar-refractivity contribution in [1.29, 1.82) is 0 Å². The molecule has 2 aromatic rings. The van der Waals surface area contributed by atoms with Crippen molar-refractivity contribution in [2.75, 3.05) is 5.32 Å². The topological polar surface area (TPSA) is 49.3 Å². The van der Waals surface area contributed by atoms with Crippen LogP contribution in [0.2, 0.25) is 5.02 Å². The third-order valence-corrected chi connectivity index (χ3v) is 3.85. The molecular formula is C16H13ClFNO2. The molecular weight excluding hydrogens is 293 g/mol. The molecule has 5 heteroatoms. The van der Waals surface area contributed by atoms with Crippen LogP contribution >= 0.6 is 11.6 Å². The summed E-state index contributed by atoms with van der Waals surface area (Å²) >= 11 is 6.17. The summed E-state index contributed by atoms with van der Waals surface area (Å²) in [4.78, 5) is 11.4. The van der Waals surface area contributed by atoms with Crippen molar-refractivity contribution in [1.82, 2.24) is 0 Å². The van der Waals surface area contributed by atoms with E-state index in [0.717, 1.165) is 11.1 Å². The maximum atomic E-state index is 13.5. The largest absolute Gasteiger partial charge is 0.384 e. The van der Waals surface area contributed by atoms with Gasteiger partial charge in [0.15, 0.2) is 0 Å². The Balaban J connectivity index is 2.04. The Kier molecular flexibility index (Phi) is 3.43. The Morgan fingerprint density at radius 2 is 2.05 bits per heavy atom. The van der Waals surface area contributed by atoms with E-state index >= 15 is 0 Å². The lowest BCUT2D eigenvalue weighted by molar-refractivity contribution is -0.115. The van der Waals surface area contributed by atoms with Crippen LogP contribution in [0.3, 0.4) is 0 Å². The number of fused-ring (bicyclic) bond motifs is 1. The van der Waals surface area contributed by atoms with Gasteiger partial charge in [0.1, 0.15) is 11.9 Å². The summed E-state index contributed by atoms with van der Waals surface area (Å²) in [5.74, 6) is -0.507.